The maximum absolute atomic E-state index is 14.5. The summed E-state index contributed by atoms with van der Waals surface area (Å²) in [5.74, 6) is -0.485. The van der Waals surface area contributed by atoms with Crippen molar-refractivity contribution in [3.05, 3.63) is 79.0 Å². The van der Waals surface area contributed by atoms with Gasteiger partial charge in [-0.3, -0.25) is 4.68 Å². The Hall–Kier alpha value is -3.39. The third kappa shape index (κ3) is 3.50. The summed E-state index contributed by atoms with van der Waals surface area (Å²) in [6, 6.07) is 14.5. The fourth-order valence-corrected chi connectivity index (χ4v) is 4.67. The summed E-state index contributed by atoms with van der Waals surface area (Å²) in [7, 11) is 1.44. The number of halogens is 1. The van der Waals surface area contributed by atoms with Crippen molar-refractivity contribution in [3.8, 4) is 22.4 Å². The molecule has 30 heavy (non-hydrogen) atoms. The highest BCUT2D eigenvalue weighted by molar-refractivity contribution is 7.90. The molecule has 0 saturated carbocycles. The van der Waals surface area contributed by atoms with Crippen LogP contribution in [0.1, 0.15) is 0 Å². The molecular formula is C22H21FN4O2S. The van der Waals surface area contributed by atoms with Crippen LogP contribution in [0.2, 0.25) is 0 Å². The Morgan fingerprint density at radius 2 is 1.73 bits per heavy atom. The van der Waals surface area contributed by atoms with Crippen molar-refractivity contribution in [3.63, 3.8) is 0 Å². The molecule has 2 aromatic heterocycles. The van der Waals surface area contributed by atoms with Crippen LogP contribution >= 0.6 is 0 Å². The maximum Gasteiger partial charge on any atom is 0.268 e. The van der Waals surface area contributed by atoms with E-state index in [0.717, 1.165) is 15.1 Å². The molecule has 0 aliphatic carbocycles. The second-order valence-corrected chi connectivity index (χ2v) is 9.00. The van der Waals surface area contributed by atoms with Gasteiger partial charge in [0.15, 0.2) is 0 Å². The molecule has 8 heteroatoms. The van der Waals surface area contributed by atoms with E-state index in [2.05, 4.69) is 5.10 Å². The van der Waals surface area contributed by atoms with Gasteiger partial charge in [-0.15, -0.1) is 0 Å². The molecule has 0 N–H and O–H groups in total. The van der Waals surface area contributed by atoms with E-state index in [0.29, 0.717) is 5.69 Å². The number of aryl methyl sites for hydroxylation is 1. The van der Waals surface area contributed by atoms with Crippen LogP contribution in [0.5, 0.6) is 0 Å². The van der Waals surface area contributed by atoms with Gasteiger partial charge in [-0.25, -0.2) is 16.8 Å². The molecule has 4 aromatic rings. The lowest BCUT2D eigenvalue weighted by molar-refractivity contribution is 0.587. The molecule has 0 bridgehead atoms. The van der Waals surface area contributed by atoms with Gasteiger partial charge in [0.05, 0.1) is 22.5 Å². The van der Waals surface area contributed by atoms with Crippen molar-refractivity contribution in [1.82, 2.24) is 13.8 Å². The molecule has 0 amide bonds. The average Bonchev–Trinajstić information content (AvgIpc) is 3.36. The van der Waals surface area contributed by atoms with Crippen LogP contribution in [0.3, 0.4) is 0 Å². The van der Waals surface area contributed by atoms with Gasteiger partial charge in [-0.05, 0) is 35.9 Å². The molecule has 154 valence electrons. The molecule has 0 aliphatic rings. The van der Waals surface area contributed by atoms with Gasteiger partial charge in [0.1, 0.15) is 5.82 Å². The van der Waals surface area contributed by atoms with Crippen molar-refractivity contribution in [2.45, 2.75) is 4.90 Å². The fraction of sp³-hybridized carbons (Fsp3) is 0.136. The van der Waals surface area contributed by atoms with Crippen molar-refractivity contribution < 1.29 is 12.8 Å². The molecule has 0 radical (unpaired) electrons. The second-order valence-electron chi connectivity index (χ2n) is 7.19. The monoisotopic (exact) mass is 424 g/mol. The first-order chi connectivity index (χ1) is 14.3. The summed E-state index contributed by atoms with van der Waals surface area (Å²) >= 11 is 0. The van der Waals surface area contributed by atoms with Gasteiger partial charge in [0, 0.05) is 44.7 Å². The van der Waals surface area contributed by atoms with E-state index in [1.807, 2.05) is 12.3 Å². The van der Waals surface area contributed by atoms with Gasteiger partial charge in [-0.1, -0.05) is 24.3 Å². The zero-order valence-electron chi connectivity index (χ0n) is 16.8. The van der Waals surface area contributed by atoms with Crippen LogP contribution in [0.25, 0.3) is 22.4 Å². The van der Waals surface area contributed by atoms with Crippen LogP contribution in [-0.4, -0.2) is 36.3 Å². The van der Waals surface area contributed by atoms with E-state index < -0.39 is 15.8 Å². The SMILES string of the molecule is CN(C)c1cc(-c2ccccc2F)n(S(=O)(=O)c2cccc(-c3cnn(C)c3)c2)c1. The average molecular weight is 425 g/mol. The van der Waals surface area contributed by atoms with Gasteiger partial charge in [0.2, 0.25) is 0 Å². The lowest BCUT2D eigenvalue weighted by Gasteiger charge is -2.12. The van der Waals surface area contributed by atoms with Crippen LogP contribution in [0.4, 0.5) is 10.1 Å². The number of hydrogen-bond acceptors (Lipinski definition) is 4. The predicted molar refractivity (Wildman–Crippen MR) is 115 cm³/mol. The van der Waals surface area contributed by atoms with Crippen LogP contribution in [0.15, 0.2) is 78.1 Å². The third-order valence-corrected chi connectivity index (χ3v) is 6.54. The van der Waals surface area contributed by atoms with Crippen molar-refractivity contribution in [1.29, 1.82) is 0 Å². The van der Waals surface area contributed by atoms with Gasteiger partial charge >= 0.3 is 0 Å². The minimum absolute atomic E-state index is 0.113. The predicted octanol–water partition coefficient (Wildman–Crippen LogP) is 4.00. The number of anilines is 1. The molecule has 2 aromatic carbocycles. The van der Waals surface area contributed by atoms with Crippen molar-refractivity contribution in [2.24, 2.45) is 7.05 Å². The summed E-state index contributed by atoms with van der Waals surface area (Å²) in [5.41, 5.74) is 2.68. The molecule has 0 atom stereocenters. The summed E-state index contributed by atoms with van der Waals surface area (Å²) in [6.45, 7) is 0. The Labute approximate surface area is 174 Å². The zero-order valence-corrected chi connectivity index (χ0v) is 17.6. The first kappa shape index (κ1) is 19.9. The number of aromatic nitrogens is 3. The van der Waals surface area contributed by atoms with Crippen LogP contribution < -0.4 is 4.90 Å². The smallest absolute Gasteiger partial charge is 0.268 e. The summed E-state index contributed by atoms with van der Waals surface area (Å²) in [6.07, 6.45) is 5.00. The highest BCUT2D eigenvalue weighted by Crippen LogP contribution is 2.32. The lowest BCUT2D eigenvalue weighted by atomic mass is 10.1. The molecule has 0 saturated heterocycles. The third-order valence-electron chi connectivity index (χ3n) is 4.87. The minimum atomic E-state index is -3.97. The zero-order chi connectivity index (χ0) is 21.5. The molecule has 0 fully saturated rings. The summed E-state index contributed by atoms with van der Waals surface area (Å²) < 4.78 is 44.4. The first-order valence-corrected chi connectivity index (χ1v) is 10.7. The van der Waals surface area contributed by atoms with Gasteiger partial charge in [-0.2, -0.15) is 5.10 Å². The number of hydrogen-bond donors (Lipinski definition) is 0. The molecule has 2 heterocycles. The Morgan fingerprint density at radius 3 is 2.40 bits per heavy atom. The molecule has 0 spiro atoms. The fourth-order valence-electron chi connectivity index (χ4n) is 3.26. The second kappa shape index (κ2) is 7.46. The van der Waals surface area contributed by atoms with E-state index >= 15 is 0 Å². The maximum atomic E-state index is 14.5. The van der Waals surface area contributed by atoms with Crippen molar-refractivity contribution in [2.75, 3.05) is 19.0 Å². The first-order valence-electron chi connectivity index (χ1n) is 9.26. The van der Waals surface area contributed by atoms with Crippen LogP contribution in [0, 0.1) is 5.82 Å². The normalized spacial score (nSPS) is 11.6. The van der Waals surface area contributed by atoms with Crippen molar-refractivity contribution >= 4 is 15.7 Å². The van der Waals surface area contributed by atoms with E-state index in [9.17, 15) is 12.8 Å². The van der Waals surface area contributed by atoms with E-state index in [-0.39, 0.29) is 16.2 Å². The highest BCUT2D eigenvalue weighted by Gasteiger charge is 2.24. The number of benzene rings is 2. The standard InChI is InChI=1S/C22H21FN4O2S/c1-25(2)18-12-22(20-9-4-5-10-21(20)23)27(15-18)30(28,29)19-8-6-7-16(11-19)17-13-24-26(3)14-17/h4-15H,1-3H3. The summed E-state index contributed by atoms with van der Waals surface area (Å²) in [5, 5.41) is 4.14. The Kier molecular flexibility index (Phi) is 4.95. The highest BCUT2D eigenvalue weighted by atomic mass is 32.2. The summed E-state index contributed by atoms with van der Waals surface area (Å²) in [4.78, 5) is 1.89. The quantitative estimate of drug-likeness (QED) is 0.486. The molecule has 6 nitrogen and oxygen atoms in total. The Morgan fingerprint density at radius 1 is 0.967 bits per heavy atom. The largest absolute Gasteiger partial charge is 0.376 e. The molecular weight excluding hydrogens is 403 g/mol. The van der Waals surface area contributed by atoms with E-state index in [1.54, 1.807) is 73.3 Å². The Balaban J connectivity index is 1.89. The molecule has 0 unspecified atom stereocenters. The number of nitrogens with zero attached hydrogens (tertiary/aromatic N) is 4. The van der Waals surface area contributed by atoms with E-state index in [4.69, 9.17) is 0 Å². The minimum Gasteiger partial charge on any atom is -0.376 e. The lowest BCUT2D eigenvalue weighted by Crippen LogP contribution is -2.14. The van der Waals surface area contributed by atoms with Gasteiger partial charge in [0.25, 0.3) is 10.0 Å². The van der Waals surface area contributed by atoms with Crippen LogP contribution in [-0.2, 0) is 17.1 Å². The number of rotatable bonds is 5. The molecule has 4 rings (SSSR count). The topological polar surface area (TPSA) is 60.1 Å². The molecule has 0 aliphatic heterocycles. The Bertz CT molecular complexity index is 1320. The van der Waals surface area contributed by atoms with E-state index in [1.165, 1.54) is 18.3 Å². The van der Waals surface area contributed by atoms with Gasteiger partial charge < -0.3 is 4.90 Å².